The summed E-state index contributed by atoms with van der Waals surface area (Å²) in [5.74, 6) is -1.38. The molecule has 1 aromatic carbocycles. The molecule has 1 saturated carbocycles. The van der Waals surface area contributed by atoms with Crippen LogP contribution in [0.25, 0.3) is 10.2 Å². The van der Waals surface area contributed by atoms with Crippen molar-refractivity contribution in [2.24, 2.45) is 5.73 Å². The summed E-state index contributed by atoms with van der Waals surface area (Å²) in [6, 6.07) is 4.68. The van der Waals surface area contributed by atoms with Crippen LogP contribution in [0.2, 0.25) is 0 Å². The van der Waals surface area contributed by atoms with Gasteiger partial charge in [-0.2, -0.15) is 0 Å². The van der Waals surface area contributed by atoms with Crippen molar-refractivity contribution in [3.8, 4) is 0 Å². The van der Waals surface area contributed by atoms with Gasteiger partial charge < -0.3 is 20.8 Å². The van der Waals surface area contributed by atoms with Crippen LogP contribution < -0.4 is 16.6 Å². The number of fused-ring (bicyclic) bond motifs is 4. The van der Waals surface area contributed by atoms with Crippen molar-refractivity contribution >= 4 is 39.0 Å². The number of Topliss-reactive ketones (excluding diaryl/α,β-unsaturated/α-hetero) is 2. The van der Waals surface area contributed by atoms with Crippen molar-refractivity contribution in [1.82, 2.24) is 20.2 Å². The smallest absolute Gasteiger partial charge is 0.287 e. The van der Waals surface area contributed by atoms with Gasteiger partial charge in [0.1, 0.15) is 4.83 Å². The molecule has 186 valence electrons. The standard InChI is InChI=1S/C25H25N5O5S/c26-18-19(21(32)20(18)31)30-6-3-13-2-1-12(9-14(13)11-30)10-27-24(34)22-28-23(33)17-15-4-7-35-8-5-16(15)36-25(17)29-22/h1-2,9,18-19H,3-8,10-11,26H2,(H,27,34)(H,28,29,33). The molecule has 1 amide bonds. The van der Waals surface area contributed by atoms with E-state index in [-0.39, 0.29) is 17.9 Å². The molecule has 3 aliphatic rings. The van der Waals surface area contributed by atoms with Crippen LogP contribution >= 0.6 is 11.3 Å². The van der Waals surface area contributed by atoms with Crippen LogP contribution in [-0.4, -0.2) is 64.2 Å². The molecule has 2 aromatic heterocycles. The van der Waals surface area contributed by atoms with E-state index in [1.165, 1.54) is 16.9 Å². The number of carbonyl (C=O) groups excluding carboxylic acids is 3. The van der Waals surface area contributed by atoms with E-state index >= 15 is 0 Å². The number of rotatable bonds is 4. The summed E-state index contributed by atoms with van der Waals surface area (Å²) in [5.41, 5.74) is 9.63. The summed E-state index contributed by atoms with van der Waals surface area (Å²) >= 11 is 1.45. The quantitative estimate of drug-likeness (QED) is 0.426. The number of hydrogen-bond acceptors (Lipinski definition) is 9. The number of benzene rings is 1. The van der Waals surface area contributed by atoms with Crippen LogP contribution in [0.3, 0.4) is 0 Å². The van der Waals surface area contributed by atoms with Crippen LogP contribution in [0.1, 0.15) is 37.7 Å². The molecule has 0 bridgehead atoms. The summed E-state index contributed by atoms with van der Waals surface area (Å²) in [6.45, 7) is 2.63. The Bertz CT molecular complexity index is 1480. The molecular weight excluding hydrogens is 482 g/mol. The van der Waals surface area contributed by atoms with E-state index in [4.69, 9.17) is 10.5 Å². The van der Waals surface area contributed by atoms with Gasteiger partial charge in [-0.1, -0.05) is 18.2 Å². The molecule has 0 radical (unpaired) electrons. The first-order valence-corrected chi connectivity index (χ1v) is 12.8. The topological polar surface area (TPSA) is 147 Å². The third-order valence-electron chi connectivity index (χ3n) is 7.24. The Balaban J connectivity index is 1.16. The summed E-state index contributed by atoms with van der Waals surface area (Å²) in [6.07, 6.45) is 2.16. The number of H-pyrrole nitrogens is 1. The van der Waals surface area contributed by atoms with Crippen LogP contribution in [0.15, 0.2) is 23.0 Å². The summed E-state index contributed by atoms with van der Waals surface area (Å²) in [7, 11) is 0. The first-order chi connectivity index (χ1) is 17.4. The first kappa shape index (κ1) is 23.2. The van der Waals surface area contributed by atoms with Crippen molar-refractivity contribution < 1.29 is 19.1 Å². The fourth-order valence-corrected chi connectivity index (χ4v) is 6.49. The van der Waals surface area contributed by atoms with Crippen molar-refractivity contribution in [2.45, 2.75) is 44.4 Å². The number of hydrogen-bond donors (Lipinski definition) is 3. The lowest BCUT2D eigenvalue weighted by atomic mass is 9.81. The van der Waals surface area contributed by atoms with E-state index in [1.54, 1.807) is 0 Å². The number of ether oxygens (including phenoxy) is 1. The second-order valence-corrected chi connectivity index (χ2v) is 10.5. The first-order valence-electron chi connectivity index (χ1n) is 12.0. The van der Waals surface area contributed by atoms with Gasteiger partial charge in [-0.15, -0.1) is 11.3 Å². The number of carbonyl (C=O) groups is 3. The molecule has 6 rings (SSSR count). The average molecular weight is 508 g/mol. The maximum atomic E-state index is 12.8. The second-order valence-electron chi connectivity index (χ2n) is 9.42. The fraction of sp³-hybridized carbons (Fsp3) is 0.400. The minimum Gasteiger partial charge on any atom is -0.381 e. The molecule has 11 heteroatoms. The van der Waals surface area contributed by atoms with E-state index in [1.807, 2.05) is 23.1 Å². The van der Waals surface area contributed by atoms with Gasteiger partial charge in [-0.3, -0.25) is 24.1 Å². The maximum Gasteiger partial charge on any atom is 0.287 e. The van der Waals surface area contributed by atoms with E-state index < -0.39 is 29.6 Å². The predicted octanol–water partition coefficient (Wildman–Crippen LogP) is 0.236. The molecule has 1 aliphatic carbocycles. The van der Waals surface area contributed by atoms with Crippen molar-refractivity contribution in [1.29, 1.82) is 0 Å². The Kier molecular flexibility index (Phi) is 5.79. The number of thiophene rings is 1. The van der Waals surface area contributed by atoms with Crippen molar-refractivity contribution in [3.63, 3.8) is 0 Å². The van der Waals surface area contributed by atoms with Gasteiger partial charge in [-0.25, -0.2) is 4.98 Å². The number of nitrogens with zero attached hydrogens (tertiary/aromatic N) is 2. The lowest BCUT2D eigenvalue weighted by Gasteiger charge is -2.41. The monoisotopic (exact) mass is 507 g/mol. The summed E-state index contributed by atoms with van der Waals surface area (Å²) < 4.78 is 5.51. The third kappa shape index (κ3) is 3.88. The number of nitrogens with two attached hydrogens (primary N) is 1. The van der Waals surface area contributed by atoms with Gasteiger partial charge in [0.05, 0.1) is 30.7 Å². The number of aromatic nitrogens is 2. The Morgan fingerprint density at radius 2 is 2.00 bits per heavy atom. The fourth-order valence-electron chi connectivity index (χ4n) is 5.28. The van der Waals surface area contributed by atoms with Gasteiger partial charge in [0.15, 0.2) is 0 Å². The summed E-state index contributed by atoms with van der Waals surface area (Å²) in [5, 5.41) is 3.40. The summed E-state index contributed by atoms with van der Waals surface area (Å²) in [4.78, 5) is 59.9. The normalized spacial score (nSPS) is 22.0. The van der Waals surface area contributed by atoms with E-state index in [0.717, 1.165) is 34.4 Å². The number of amides is 1. The Labute approximate surface area is 209 Å². The maximum absolute atomic E-state index is 12.8. The SMILES string of the molecule is NC1C(=O)C(=O)C1N1CCc2ccc(CNC(=O)c3nc4sc5c(c4c(=O)[nH]3)CCOCC5)cc2C1. The largest absolute Gasteiger partial charge is 0.381 e. The molecule has 1 fully saturated rings. The highest BCUT2D eigenvalue weighted by Crippen LogP contribution is 2.30. The van der Waals surface area contributed by atoms with E-state index in [9.17, 15) is 19.2 Å². The van der Waals surface area contributed by atoms with Crippen LogP contribution in [0.4, 0.5) is 0 Å². The van der Waals surface area contributed by atoms with Crippen molar-refractivity contribution in [3.05, 3.63) is 61.5 Å². The van der Waals surface area contributed by atoms with Gasteiger partial charge in [0.25, 0.3) is 11.5 Å². The van der Waals surface area contributed by atoms with Crippen LogP contribution in [0.5, 0.6) is 0 Å². The molecular formula is C25H25N5O5S. The molecule has 4 heterocycles. The Hall–Kier alpha value is -3.25. The van der Waals surface area contributed by atoms with Gasteiger partial charge >= 0.3 is 0 Å². The second kappa shape index (κ2) is 9.00. The molecule has 2 aliphatic heterocycles. The Morgan fingerprint density at radius 3 is 2.83 bits per heavy atom. The lowest BCUT2D eigenvalue weighted by molar-refractivity contribution is -0.150. The molecule has 36 heavy (non-hydrogen) atoms. The van der Waals surface area contributed by atoms with Crippen molar-refractivity contribution in [2.75, 3.05) is 19.8 Å². The number of nitrogens with one attached hydrogen (secondary N) is 2. The minimum absolute atomic E-state index is 0.00792. The Morgan fingerprint density at radius 1 is 1.17 bits per heavy atom. The zero-order valence-electron chi connectivity index (χ0n) is 19.5. The predicted molar refractivity (Wildman–Crippen MR) is 132 cm³/mol. The van der Waals surface area contributed by atoms with Crippen LogP contribution in [0, 0.1) is 0 Å². The van der Waals surface area contributed by atoms with Gasteiger partial charge in [0, 0.05) is 30.9 Å². The zero-order chi connectivity index (χ0) is 25.0. The van der Waals surface area contributed by atoms with E-state index in [0.29, 0.717) is 42.9 Å². The highest BCUT2D eigenvalue weighted by molar-refractivity contribution is 7.18. The molecule has 3 aromatic rings. The molecule has 10 nitrogen and oxygen atoms in total. The van der Waals surface area contributed by atoms with Gasteiger partial charge in [-0.05, 0) is 35.1 Å². The van der Waals surface area contributed by atoms with Gasteiger partial charge in [0.2, 0.25) is 17.4 Å². The molecule has 4 N–H and O–H groups in total. The lowest BCUT2D eigenvalue weighted by Crippen LogP contribution is -2.69. The molecule has 0 saturated heterocycles. The highest BCUT2D eigenvalue weighted by atomic mass is 32.1. The number of aromatic amines is 1. The minimum atomic E-state index is -0.750. The zero-order valence-corrected chi connectivity index (χ0v) is 20.3. The van der Waals surface area contributed by atoms with E-state index in [2.05, 4.69) is 15.3 Å². The third-order valence-corrected chi connectivity index (χ3v) is 8.43. The average Bonchev–Trinajstić information content (AvgIpc) is 3.08. The molecule has 0 spiro atoms. The number of ketones is 2. The highest BCUT2D eigenvalue weighted by Gasteiger charge is 2.50. The molecule has 2 unspecified atom stereocenters. The molecule has 2 atom stereocenters. The van der Waals surface area contributed by atoms with Crippen LogP contribution in [-0.2, 0) is 46.7 Å².